The van der Waals surface area contributed by atoms with E-state index >= 15 is 0 Å². The van der Waals surface area contributed by atoms with E-state index in [1.807, 2.05) is 0 Å². The minimum Gasteiger partial charge on any atom is -0.347 e. The maximum atomic E-state index is 14.3. The molecule has 3 N–H and O–H groups in total. The number of rotatable bonds is 5. The number of nitro benzene ring substituents is 1. The summed E-state index contributed by atoms with van der Waals surface area (Å²) in [5.41, 5.74) is 0.447. The maximum absolute atomic E-state index is 14.3. The molecule has 2 aromatic carbocycles. The Labute approximate surface area is 147 Å². The highest BCUT2D eigenvalue weighted by molar-refractivity contribution is 5.96. The van der Waals surface area contributed by atoms with Gasteiger partial charge in [0.1, 0.15) is 0 Å². The lowest BCUT2D eigenvalue weighted by Gasteiger charge is -2.12. The predicted octanol–water partition coefficient (Wildman–Crippen LogP) is 2.30. The molecule has 10 heteroatoms. The summed E-state index contributed by atoms with van der Waals surface area (Å²) in [6, 6.07) is 7.50. The average Bonchev–Trinajstić information content (AvgIpc) is 2.62. The summed E-state index contributed by atoms with van der Waals surface area (Å²) in [5.74, 6) is -2.36. The minimum absolute atomic E-state index is 0.229. The van der Waals surface area contributed by atoms with Crippen LogP contribution < -0.4 is 10.8 Å². The van der Waals surface area contributed by atoms with E-state index in [2.05, 4.69) is 5.32 Å². The number of carbonyl (C=O) groups excluding carboxylic acids is 2. The van der Waals surface area contributed by atoms with Crippen LogP contribution in [0.5, 0.6) is 0 Å². The number of nitrogens with zero attached hydrogens (tertiary/aromatic N) is 2. The van der Waals surface area contributed by atoms with Crippen LogP contribution in [0.3, 0.4) is 0 Å². The molecule has 26 heavy (non-hydrogen) atoms. The summed E-state index contributed by atoms with van der Waals surface area (Å²) < 4.78 is 14.3. The number of benzene rings is 2. The van der Waals surface area contributed by atoms with Crippen LogP contribution in [0.15, 0.2) is 36.4 Å². The van der Waals surface area contributed by atoms with Gasteiger partial charge >= 0.3 is 0 Å². The lowest BCUT2D eigenvalue weighted by Crippen LogP contribution is -2.21. The van der Waals surface area contributed by atoms with Crippen molar-refractivity contribution in [3.8, 4) is 0 Å². The van der Waals surface area contributed by atoms with Crippen LogP contribution in [-0.2, 0) is 0 Å². The third kappa shape index (κ3) is 3.92. The van der Waals surface area contributed by atoms with Crippen LogP contribution in [0.4, 0.5) is 21.5 Å². The fraction of sp³-hybridized carbons (Fsp3) is 0.125. The Morgan fingerprint density at radius 1 is 1.15 bits per heavy atom. The van der Waals surface area contributed by atoms with Gasteiger partial charge in [0.15, 0.2) is 11.5 Å². The van der Waals surface area contributed by atoms with Crippen molar-refractivity contribution in [3.05, 3.63) is 63.5 Å². The summed E-state index contributed by atoms with van der Waals surface area (Å²) in [5, 5.41) is 22.4. The molecule has 0 aliphatic heterocycles. The first-order valence-electron chi connectivity index (χ1n) is 7.25. The number of anilines is 2. The normalized spacial score (nSPS) is 10.2. The SMILES string of the molecule is CN(C)C(=O)c1ccc(Nc2c(F)cc(C(=O)NO)cc2[N+](=O)[O-])cc1. The number of amides is 2. The Bertz CT molecular complexity index is 868. The van der Waals surface area contributed by atoms with Crippen molar-refractivity contribution in [3.63, 3.8) is 0 Å². The molecular weight excluding hydrogens is 347 g/mol. The molecular formula is C16H15FN4O5. The molecule has 0 aliphatic carbocycles. The van der Waals surface area contributed by atoms with Crippen molar-refractivity contribution in [2.75, 3.05) is 19.4 Å². The van der Waals surface area contributed by atoms with E-state index in [-0.39, 0.29) is 5.91 Å². The van der Waals surface area contributed by atoms with E-state index in [1.165, 1.54) is 34.6 Å². The monoisotopic (exact) mass is 362 g/mol. The molecule has 0 bridgehead atoms. The maximum Gasteiger partial charge on any atom is 0.296 e. The van der Waals surface area contributed by atoms with Crippen molar-refractivity contribution in [1.82, 2.24) is 10.4 Å². The first kappa shape index (κ1) is 18.8. The third-order valence-electron chi connectivity index (χ3n) is 3.44. The van der Waals surface area contributed by atoms with Gasteiger partial charge < -0.3 is 10.2 Å². The fourth-order valence-electron chi connectivity index (χ4n) is 2.15. The number of hydrogen-bond donors (Lipinski definition) is 3. The third-order valence-corrected chi connectivity index (χ3v) is 3.44. The molecule has 0 radical (unpaired) electrons. The molecule has 0 atom stereocenters. The predicted molar refractivity (Wildman–Crippen MR) is 90.0 cm³/mol. The number of nitro groups is 1. The lowest BCUT2D eigenvalue weighted by atomic mass is 10.1. The van der Waals surface area contributed by atoms with Gasteiger partial charge in [-0.2, -0.15) is 0 Å². The Morgan fingerprint density at radius 3 is 2.27 bits per heavy atom. The van der Waals surface area contributed by atoms with Gasteiger partial charge in [0.05, 0.1) is 10.5 Å². The molecule has 0 spiro atoms. The molecule has 0 aliphatic rings. The van der Waals surface area contributed by atoms with Crippen LogP contribution in [0.25, 0.3) is 0 Å². The number of carbonyl (C=O) groups is 2. The molecule has 0 heterocycles. The van der Waals surface area contributed by atoms with Crippen LogP contribution in [0, 0.1) is 15.9 Å². The highest BCUT2D eigenvalue weighted by Gasteiger charge is 2.23. The van der Waals surface area contributed by atoms with Gasteiger partial charge in [-0.1, -0.05) is 0 Å². The van der Waals surface area contributed by atoms with Gasteiger partial charge in [-0.05, 0) is 30.3 Å². The summed E-state index contributed by atoms with van der Waals surface area (Å²) in [4.78, 5) is 34.9. The van der Waals surface area contributed by atoms with Gasteiger partial charge in [0.2, 0.25) is 0 Å². The fourth-order valence-corrected chi connectivity index (χ4v) is 2.15. The molecule has 136 valence electrons. The van der Waals surface area contributed by atoms with Crippen LogP contribution >= 0.6 is 0 Å². The van der Waals surface area contributed by atoms with E-state index in [4.69, 9.17) is 5.21 Å². The number of hydrogen-bond acceptors (Lipinski definition) is 6. The van der Waals surface area contributed by atoms with Gasteiger partial charge in [-0.25, -0.2) is 9.87 Å². The zero-order chi connectivity index (χ0) is 19.4. The molecule has 0 fully saturated rings. The average molecular weight is 362 g/mol. The van der Waals surface area contributed by atoms with E-state index < -0.39 is 33.6 Å². The highest BCUT2D eigenvalue weighted by atomic mass is 19.1. The summed E-state index contributed by atoms with van der Waals surface area (Å²) in [6.07, 6.45) is 0. The Balaban J connectivity index is 2.38. The Morgan fingerprint density at radius 2 is 1.77 bits per heavy atom. The summed E-state index contributed by atoms with van der Waals surface area (Å²) in [7, 11) is 3.19. The molecule has 0 aromatic heterocycles. The summed E-state index contributed by atoms with van der Waals surface area (Å²) in [6.45, 7) is 0. The Hall–Kier alpha value is -3.53. The van der Waals surface area contributed by atoms with Gasteiger partial charge in [-0.15, -0.1) is 0 Å². The van der Waals surface area contributed by atoms with Crippen molar-refractivity contribution >= 4 is 28.9 Å². The summed E-state index contributed by atoms with van der Waals surface area (Å²) >= 11 is 0. The van der Waals surface area contributed by atoms with Crippen LogP contribution in [0.2, 0.25) is 0 Å². The van der Waals surface area contributed by atoms with Crippen molar-refractivity contribution in [1.29, 1.82) is 0 Å². The van der Waals surface area contributed by atoms with E-state index in [0.29, 0.717) is 11.3 Å². The molecule has 0 saturated heterocycles. The zero-order valence-electron chi connectivity index (χ0n) is 13.8. The topological polar surface area (TPSA) is 125 Å². The van der Waals surface area contributed by atoms with Gasteiger partial charge in [0.25, 0.3) is 17.5 Å². The van der Waals surface area contributed by atoms with Gasteiger partial charge in [0, 0.05) is 31.4 Å². The smallest absolute Gasteiger partial charge is 0.296 e. The van der Waals surface area contributed by atoms with Crippen LogP contribution in [-0.4, -0.2) is 40.9 Å². The molecule has 9 nitrogen and oxygen atoms in total. The standard InChI is InChI=1S/C16H15FN4O5/c1-20(2)16(23)9-3-5-11(6-4-9)18-14-12(17)7-10(15(22)19-24)8-13(14)21(25)26/h3-8,18,24H,1-2H3,(H,19,22). The second kappa shape index (κ2) is 7.57. The second-order valence-electron chi connectivity index (χ2n) is 5.45. The van der Waals surface area contributed by atoms with Crippen molar-refractivity contribution in [2.45, 2.75) is 0 Å². The Kier molecular flexibility index (Phi) is 5.48. The lowest BCUT2D eigenvalue weighted by molar-refractivity contribution is -0.384. The van der Waals surface area contributed by atoms with E-state index in [9.17, 15) is 24.1 Å². The van der Waals surface area contributed by atoms with Crippen molar-refractivity contribution < 1.29 is 24.1 Å². The molecule has 2 aromatic rings. The number of nitrogens with one attached hydrogen (secondary N) is 2. The first-order valence-corrected chi connectivity index (χ1v) is 7.25. The highest BCUT2D eigenvalue weighted by Crippen LogP contribution is 2.32. The first-order chi connectivity index (χ1) is 12.2. The largest absolute Gasteiger partial charge is 0.347 e. The second-order valence-corrected chi connectivity index (χ2v) is 5.45. The molecule has 0 unspecified atom stereocenters. The zero-order valence-corrected chi connectivity index (χ0v) is 13.8. The molecule has 0 saturated carbocycles. The van der Waals surface area contributed by atoms with Crippen LogP contribution in [0.1, 0.15) is 20.7 Å². The van der Waals surface area contributed by atoms with E-state index in [1.54, 1.807) is 14.1 Å². The van der Waals surface area contributed by atoms with Crippen molar-refractivity contribution in [2.24, 2.45) is 0 Å². The molecule has 2 rings (SSSR count). The number of hydroxylamine groups is 1. The van der Waals surface area contributed by atoms with Gasteiger partial charge in [-0.3, -0.25) is 24.9 Å². The molecule has 2 amide bonds. The quantitative estimate of drug-likeness (QED) is 0.426. The number of halogens is 1. The van der Waals surface area contributed by atoms with E-state index in [0.717, 1.165) is 12.1 Å². The minimum atomic E-state index is -1.08.